The molecular formula is C10H6N6O6S. The van der Waals surface area contributed by atoms with Gasteiger partial charge in [0, 0.05) is 0 Å². The number of nitrogens with zero attached hydrogens (tertiary/aromatic N) is 5. The van der Waals surface area contributed by atoms with Gasteiger partial charge < -0.3 is 10.9 Å². The molecule has 3 rings (SSSR count). The van der Waals surface area contributed by atoms with Crippen LogP contribution in [-0.4, -0.2) is 20.0 Å². The summed E-state index contributed by atoms with van der Waals surface area (Å²) in [4.78, 5) is 24.8. The Morgan fingerprint density at radius 2 is 1.96 bits per heavy atom. The number of thiazole rings is 1. The summed E-state index contributed by atoms with van der Waals surface area (Å²) in [5.74, 6) is 0. The highest BCUT2D eigenvalue weighted by Crippen LogP contribution is 2.43. The number of anilines is 1. The lowest BCUT2D eigenvalue weighted by atomic mass is 10.1. The van der Waals surface area contributed by atoms with Crippen molar-refractivity contribution in [2.75, 3.05) is 5.73 Å². The number of aryl methyl sites for hydroxylation is 1. The molecule has 13 heteroatoms. The first kappa shape index (κ1) is 14.6. The number of nitro groups is 2. The Morgan fingerprint density at radius 3 is 2.48 bits per heavy atom. The fourth-order valence-corrected chi connectivity index (χ4v) is 3.06. The van der Waals surface area contributed by atoms with Crippen molar-refractivity contribution in [3.8, 4) is 10.4 Å². The Hall–Kier alpha value is -3.35. The summed E-state index contributed by atoms with van der Waals surface area (Å²) in [7, 11) is 0. The summed E-state index contributed by atoms with van der Waals surface area (Å²) in [5, 5.41) is 37.7. The first-order valence-corrected chi connectivity index (χ1v) is 6.71. The predicted octanol–water partition coefficient (Wildman–Crippen LogP) is 1.29. The topological polar surface area (TPSA) is 178 Å². The van der Waals surface area contributed by atoms with Crippen molar-refractivity contribution in [1.29, 1.82) is 0 Å². The standard InChI is InChI=1S/C10H6N6O6S/c1-3-9(23-10(11)12-3)6-4(14(17)18)2-5(15(19)20)7-8(6)16(21)22-13-7/h2H,1H3,(H2,11,12). The molecule has 0 aliphatic carbocycles. The molecule has 12 nitrogen and oxygen atoms in total. The molecule has 0 fully saturated rings. The van der Waals surface area contributed by atoms with E-state index in [1.54, 1.807) is 6.92 Å². The van der Waals surface area contributed by atoms with E-state index in [9.17, 15) is 25.4 Å². The number of aromatic nitrogens is 3. The third-order valence-corrected chi connectivity index (χ3v) is 4.06. The lowest BCUT2D eigenvalue weighted by molar-refractivity contribution is -0.782. The number of nitrogens with two attached hydrogens (primary N) is 1. The van der Waals surface area contributed by atoms with Crippen LogP contribution in [0.25, 0.3) is 21.5 Å². The Kier molecular flexibility index (Phi) is 3.07. The van der Waals surface area contributed by atoms with E-state index in [0.717, 1.165) is 17.4 Å². The number of rotatable bonds is 3. The second kappa shape index (κ2) is 4.84. The molecule has 2 aromatic heterocycles. The van der Waals surface area contributed by atoms with E-state index in [4.69, 9.17) is 5.73 Å². The largest absolute Gasteiger partial charge is 0.375 e. The van der Waals surface area contributed by atoms with Crippen molar-refractivity contribution in [1.82, 2.24) is 10.1 Å². The smallest absolute Gasteiger partial charge is 0.333 e. The number of nitro benzene ring substituents is 2. The third-order valence-electron chi connectivity index (χ3n) is 3.06. The van der Waals surface area contributed by atoms with Gasteiger partial charge in [-0.05, 0) is 11.8 Å². The minimum atomic E-state index is -0.879. The Morgan fingerprint density at radius 1 is 1.30 bits per heavy atom. The summed E-state index contributed by atoms with van der Waals surface area (Å²) in [6, 6.07) is 0.732. The highest BCUT2D eigenvalue weighted by atomic mass is 32.1. The first-order valence-electron chi connectivity index (χ1n) is 5.89. The van der Waals surface area contributed by atoms with Crippen LogP contribution in [0.2, 0.25) is 0 Å². The molecule has 0 bridgehead atoms. The summed E-state index contributed by atoms with van der Waals surface area (Å²) in [5.41, 5.74) is 3.60. The van der Waals surface area contributed by atoms with E-state index in [-0.39, 0.29) is 20.5 Å². The first-order chi connectivity index (χ1) is 10.8. The van der Waals surface area contributed by atoms with Gasteiger partial charge in [-0.3, -0.25) is 24.9 Å². The van der Waals surface area contributed by atoms with E-state index in [2.05, 4.69) is 14.8 Å². The van der Waals surface area contributed by atoms with Gasteiger partial charge in [0.15, 0.2) is 5.13 Å². The van der Waals surface area contributed by atoms with Crippen molar-refractivity contribution < 1.29 is 19.4 Å². The molecular weight excluding hydrogens is 332 g/mol. The number of benzene rings is 1. The number of non-ortho nitro benzene ring substituents is 1. The van der Waals surface area contributed by atoms with Gasteiger partial charge in [-0.25, -0.2) is 4.98 Å². The monoisotopic (exact) mass is 338 g/mol. The fourth-order valence-electron chi connectivity index (χ4n) is 2.17. The minimum Gasteiger partial charge on any atom is -0.375 e. The molecule has 0 radical (unpaired) electrons. The number of nitrogen functional groups attached to an aromatic ring is 1. The van der Waals surface area contributed by atoms with Crippen LogP contribution in [-0.2, 0) is 0 Å². The molecule has 0 aliphatic heterocycles. The number of fused-ring (bicyclic) bond motifs is 1. The Bertz CT molecular complexity index is 978. The lowest BCUT2D eigenvalue weighted by Crippen LogP contribution is -2.23. The van der Waals surface area contributed by atoms with E-state index >= 15 is 0 Å². The van der Waals surface area contributed by atoms with Gasteiger partial charge in [-0.2, -0.15) is 0 Å². The molecule has 2 heterocycles. The zero-order valence-electron chi connectivity index (χ0n) is 11.2. The van der Waals surface area contributed by atoms with Crippen LogP contribution in [0, 0.1) is 32.4 Å². The van der Waals surface area contributed by atoms with Gasteiger partial charge in [-0.15, -0.1) is 0 Å². The summed E-state index contributed by atoms with van der Waals surface area (Å²) in [6.07, 6.45) is 0. The molecule has 0 spiro atoms. The van der Waals surface area contributed by atoms with Gasteiger partial charge in [0.2, 0.25) is 5.52 Å². The molecule has 0 saturated carbocycles. The molecule has 2 N–H and O–H groups in total. The fraction of sp³-hybridized carbons (Fsp3) is 0.100. The molecule has 118 valence electrons. The summed E-state index contributed by atoms with van der Waals surface area (Å²) in [6.45, 7) is 1.54. The molecule has 0 saturated heterocycles. The quantitative estimate of drug-likeness (QED) is 0.418. The van der Waals surface area contributed by atoms with Crippen LogP contribution in [0.4, 0.5) is 16.5 Å². The second-order valence-corrected chi connectivity index (χ2v) is 5.43. The molecule has 0 unspecified atom stereocenters. The van der Waals surface area contributed by atoms with Crippen molar-refractivity contribution in [3.63, 3.8) is 0 Å². The molecule has 0 amide bonds. The minimum absolute atomic E-state index is 0.111. The van der Waals surface area contributed by atoms with E-state index in [1.807, 2.05) is 0 Å². The number of hydrogen-bond acceptors (Lipinski definition) is 10. The van der Waals surface area contributed by atoms with Crippen LogP contribution in [0.3, 0.4) is 0 Å². The van der Waals surface area contributed by atoms with Gasteiger partial charge in [0.25, 0.3) is 5.69 Å². The number of hydrogen-bond donors (Lipinski definition) is 1. The van der Waals surface area contributed by atoms with Gasteiger partial charge in [0.1, 0.15) is 5.56 Å². The molecule has 23 heavy (non-hydrogen) atoms. The van der Waals surface area contributed by atoms with Gasteiger partial charge >= 0.3 is 11.2 Å². The van der Waals surface area contributed by atoms with Crippen molar-refractivity contribution in [2.45, 2.75) is 6.92 Å². The SMILES string of the molecule is Cc1nc(N)sc1-c1c([N+](=O)[O-])cc([N+](=O)[O-])c2no[n+]([O-])c12. The van der Waals surface area contributed by atoms with Crippen molar-refractivity contribution in [2.24, 2.45) is 0 Å². The van der Waals surface area contributed by atoms with E-state index < -0.39 is 32.3 Å². The maximum atomic E-state index is 11.8. The van der Waals surface area contributed by atoms with Crippen LogP contribution in [0.15, 0.2) is 10.7 Å². The normalized spacial score (nSPS) is 11.0. The lowest BCUT2D eigenvalue weighted by Gasteiger charge is -2.01. The van der Waals surface area contributed by atoms with Crippen LogP contribution < -0.4 is 10.6 Å². The molecule has 0 aliphatic rings. The van der Waals surface area contributed by atoms with Crippen molar-refractivity contribution in [3.05, 3.63) is 37.2 Å². The van der Waals surface area contributed by atoms with E-state index in [0.29, 0.717) is 5.69 Å². The zero-order valence-corrected chi connectivity index (χ0v) is 12.1. The Balaban J connectivity index is 2.54. The summed E-state index contributed by atoms with van der Waals surface area (Å²) >= 11 is 0.911. The Labute approximate surface area is 129 Å². The maximum absolute atomic E-state index is 11.8. The third kappa shape index (κ3) is 2.10. The molecule has 1 aromatic carbocycles. The average Bonchev–Trinajstić information content (AvgIpc) is 3.00. The maximum Gasteiger partial charge on any atom is 0.333 e. The highest BCUT2D eigenvalue weighted by Gasteiger charge is 2.36. The van der Waals surface area contributed by atoms with Gasteiger partial charge in [-0.1, -0.05) is 11.3 Å². The average molecular weight is 338 g/mol. The second-order valence-electron chi connectivity index (χ2n) is 4.40. The zero-order chi connectivity index (χ0) is 16.9. The van der Waals surface area contributed by atoms with E-state index in [1.165, 1.54) is 0 Å². The molecule has 3 aromatic rings. The summed E-state index contributed by atoms with van der Waals surface area (Å²) < 4.78 is 4.39. The highest BCUT2D eigenvalue weighted by molar-refractivity contribution is 7.19. The van der Waals surface area contributed by atoms with Crippen LogP contribution in [0.5, 0.6) is 0 Å². The van der Waals surface area contributed by atoms with Crippen LogP contribution in [0.1, 0.15) is 5.69 Å². The molecule has 0 atom stereocenters. The predicted molar refractivity (Wildman–Crippen MR) is 76.5 cm³/mol. The van der Waals surface area contributed by atoms with Crippen LogP contribution >= 0.6 is 11.3 Å². The van der Waals surface area contributed by atoms with Gasteiger partial charge in [0.05, 0.1) is 31.6 Å². The van der Waals surface area contributed by atoms with Crippen molar-refractivity contribution >= 4 is 38.9 Å².